The Balaban J connectivity index is 2.24. The molecule has 2 aromatic carbocycles. The molecule has 0 unspecified atom stereocenters. The van der Waals surface area contributed by atoms with Gasteiger partial charge in [0.05, 0.1) is 11.1 Å². The van der Waals surface area contributed by atoms with Gasteiger partial charge in [-0.15, -0.1) is 11.8 Å². The Bertz CT molecular complexity index is 639. The Morgan fingerprint density at radius 3 is 2.33 bits per heavy atom. The second kappa shape index (κ2) is 6.22. The van der Waals surface area contributed by atoms with E-state index in [0.717, 1.165) is 17.7 Å². The molecule has 0 aliphatic rings. The van der Waals surface area contributed by atoms with Crippen molar-refractivity contribution in [3.8, 4) is 0 Å². The molecule has 0 bridgehead atoms. The summed E-state index contributed by atoms with van der Waals surface area (Å²) >= 11 is 1.23. The molecule has 0 aliphatic carbocycles. The zero-order valence-electron chi connectivity index (χ0n) is 10.7. The topological polar surface area (TPSA) is 37.3 Å². The number of hydrogen-bond acceptors (Lipinski definition) is 2. The average Bonchev–Trinajstić information content (AvgIpc) is 2.45. The summed E-state index contributed by atoms with van der Waals surface area (Å²) in [4.78, 5) is 11.2. The number of rotatable bonds is 4. The van der Waals surface area contributed by atoms with Crippen molar-refractivity contribution in [1.82, 2.24) is 0 Å². The van der Waals surface area contributed by atoms with Gasteiger partial charge in [-0.2, -0.15) is 13.2 Å². The van der Waals surface area contributed by atoms with Gasteiger partial charge in [-0.1, -0.05) is 30.3 Å². The third-order valence-electron chi connectivity index (χ3n) is 2.78. The minimum atomic E-state index is -4.68. The first-order valence-corrected chi connectivity index (χ1v) is 6.98. The van der Waals surface area contributed by atoms with E-state index in [1.54, 1.807) is 0 Å². The van der Waals surface area contributed by atoms with Gasteiger partial charge in [0.25, 0.3) is 0 Å². The van der Waals surface area contributed by atoms with Gasteiger partial charge in [0, 0.05) is 10.6 Å². The van der Waals surface area contributed by atoms with Gasteiger partial charge in [0.15, 0.2) is 0 Å². The maximum atomic E-state index is 12.9. The summed E-state index contributed by atoms with van der Waals surface area (Å²) < 4.78 is 38.6. The molecule has 6 heteroatoms. The normalized spacial score (nSPS) is 11.4. The first-order valence-electron chi connectivity index (χ1n) is 5.99. The van der Waals surface area contributed by atoms with E-state index < -0.39 is 23.3 Å². The predicted molar refractivity (Wildman–Crippen MR) is 74.4 cm³/mol. The number of benzene rings is 2. The lowest BCUT2D eigenvalue weighted by atomic mass is 10.1. The van der Waals surface area contributed by atoms with Crippen LogP contribution in [-0.2, 0) is 11.9 Å². The SMILES string of the molecule is O=C(O)c1ccc(SCc2ccccc2)cc1C(F)(F)F. The third kappa shape index (κ3) is 4.01. The quantitative estimate of drug-likeness (QED) is 0.832. The molecule has 2 rings (SSSR count). The predicted octanol–water partition coefficient (Wildman–Crippen LogP) is 4.70. The summed E-state index contributed by atoms with van der Waals surface area (Å²) in [7, 11) is 0. The van der Waals surface area contributed by atoms with E-state index in [-0.39, 0.29) is 0 Å². The van der Waals surface area contributed by atoms with Gasteiger partial charge >= 0.3 is 12.1 Å². The molecule has 110 valence electrons. The molecule has 0 amide bonds. The van der Waals surface area contributed by atoms with Crippen LogP contribution in [0.2, 0.25) is 0 Å². The number of alkyl halides is 3. The maximum absolute atomic E-state index is 12.9. The molecule has 0 heterocycles. The van der Waals surface area contributed by atoms with Gasteiger partial charge in [-0.25, -0.2) is 4.79 Å². The average molecular weight is 312 g/mol. The summed E-state index contributed by atoms with van der Waals surface area (Å²) in [6, 6.07) is 12.6. The van der Waals surface area contributed by atoms with E-state index in [2.05, 4.69) is 0 Å². The first-order chi connectivity index (χ1) is 9.88. The Labute approximate surface area is 123 Å². The van der Waals surface area contributed by atoms with Crippen LogP contribution >= 0.6 is 11.8 Å². The summed E-state index contributed by atoms with van der Waals surface area (Å²) in [5, 5.41) is 8.82. The van der Waals surface area contributed by atoms with Crippen LogP contribution in [0.1, 0.15) is 21.5 Å². The fourth-order valence-corrected chi connectivity index (χ4v) is 2.67. The second-order valence-corrected chi connectivity index (χ2v) is 5.33. The monoisotopic (exact) mass is 312 g/mol. The smallest absolute Gasteiger partial charge is 0.417 e. The lowest BCUT2D eigenvalue weighted by Gasteiger charge is -2.12. The number of aromatic carboxylic acids is 1. The van der Waals surface area contributed by atoms with Crippen molar-refractivity contribution in [3.05, 3.63) is 65.2 Å². The van der Waals surface area contributed by atoms with Crippen molar-refractivity contribution in [2.45, 2.75) is 16.8 Å². The van der Waals surface area contributed by atoms with Crippen LogP contribution in [-0.4, -0.2) is 11.1 Å². The van der Waals surface area contributed by atoms with E-state index in [1.165, 1.54) is 17.8 Å². The van der Waals surface area contributed by atoms with Gasteiger partial charge in [-0.3, -0.25) is 0 Å². The molecule has 2 aromatic rings. The largest absolute Gasteiger partial charge is 0.478 e. The lowest BCUT2D eigenvalue weighted by molar-refractivity contribution is -0.138. The van der Waals surface area contributed by atoms with Crippen LogP contribution in [0.5, 0.6) is 0 Å². The van der Waals surface area contributed by atoms with E-state index >= 15 is 0 Å². The van der Waals surface area contributed by atoms with Gasteiger partial charge in [-0.05, 0) is 23.8 Å². The fourth-order valence-electron chi connectivity index (χ4n) is 1.78. The van der Waals surface area contributed by atoms with Crippen molar-refractivity contribution in [2.75, 3.05) is 0 Å². The van der Waals surface area contributed by atoms with Gasteiger partial charge in [0.1, 0.15) is 0 Å². The summed E-state index contributed by atoms with van der Waals surface area (Å²) in [6.45, 7) is 0. The van der Waals surface area contributed by atoms with Crippen molar-refractivity contribution in [3.63, 3.8) is 0 Å². The van der Waals surface area contributed by atoms with Crippen molar-refractivity contribution >= 4 is 17.7 Å². The van der Waals surface area contributed by atoms with Crippen molar-refractivity contribution < 1.29 is 23.1 Å². The number of hydrogen-bond donors (Lipinski definition) is 1. The van der Waals surface area contributed by atoms with Crippen LogP contribution < -0.4 is 0 Å². The van der Waals surface area contributed by atoms with E-state index in [9.17, 15) is 18.0 Å². The third-order valence-corrected chi connectivity index (χ3v) is 3.84. The second-order valence-electron chi connectivity index (χ2n) is 4.28. The standard InChI is InChI=1S/C15H11F3O2S/c16-15(17,18)13-8-11(6-7-12(13)14(19)20)21-9-10-4-2-1-3-5-10/h1-8H,9H2,(H,19,20). The summed E-state index contributed by atoms with van der Waals surface area (Å²) in [5.41, 5.74) is -0.863. The first kappa shape index (κ1) is 15.4. The maximum Gasteiger partial charge on any atom is 0.417 e. The number of halogens is 3. The molecule has 0 saturated heterocycles. The zero-order valence-corrected chi connectivity index (χ0v) is 11.5. The van der Waals surface area contributed by atoms with Crippen LogP contribution in [0.3, 0.4) is 0 Å². The highest BCUT2D eigenvalue weighted by Gasteiger charge is 2.35. The van der Waals surface area contributed by atoms with Crippen LogP contribution in [0.4, 0.5) is 13.2 Å². The number of carboxylic acid groups (broad SMARTS) is 1. The highest BCUT2D eigenvalue weighted by molar-refractivity contribution is 7.98. The van der Waals surface area contributed by atoms with E-state index in [4.69, 9.17) is 5.11 Å². The summed E-state index contributed by atoms with van der Waals surface area (Å²) in [6.07, 6.45) is -4.68. The number of carboxylic acids is 1. The Kier molecular flexibility index (Phi) is 4.57. The zero-order chi connectivity index (χ0) is 15.5. The molecule has 0 spiro atoms. The molecular weight excluding hydrogens is 301 g/mol. The van der Waals surface area contributed by atoms with Crippen molar-refractivity contribution in [2.24, 2.45) is 0 Å². The molecule has 0 aliphatic heterocycles. The molecule has 0 radical (unpaired) electrons. The van der Waals surface area contributed by atoms with Crippen molar-refractivity contribution in [1.29, 1.82) is 0 Å². The van der Waals surface area contributed by atoms with E-state index in [1.807, 2.05) is 30.3 Å². The van der Waals surface area contributed by atoms with Crippen LogP contribution in [0.15, 0.2) is 53.4 Å². The minimum absolute atomic E-state index is 0.385. The molecule has 0 saturated carbocycles. The summed E-state index contributed by atoms with van der Waals surface area (Å²) in [5.74, 6) is -1.06. The Morgan fingerprint density at radius 1 is 1.10 bits per heavy atom. The minimum Gasteiger partial charge on any atom is -0.478 e. The van der Waals surface area contributed by atoms with E-state index in [0.29, 0.717) is 10.6 Å². The lowest BCUT2D eigenvalue weighted by Crippen LogP contribution is -2.12. The molecule has 0 atom stereocenters. The molecule has 0 aromatic heterocycles. The Morgan fingerprint density at radius 2 is 1.76 bits per heavy atom. The molecule has 2 nitrogen and oxygen atoms in total. The molecular formula is C15H11F3O2S. The molecule has 0 fully saturated rings. The number of carbonyl (C=O) groups is 1. The highest BCUT2D eigenvalue weighted by atomic mass is 32.2. The van der Waals surface area contributed by atoms with Crippen LogP contribution in [0.25, 0.3) is 0 Å². The van der Waals surface area contributed by atoms with Gasteiger partial charge in [0.2, 0.25) is 0 Å². The highest BCUT2D eigenvalue weighted by Crippen LogP contribution is 2.35. The van der Waals surface area contributed by atoms with Crippen LogP contribution in [0, 0.1) is 0 Å². The Hall–Kier alpha value is -1.95. The number of thioether (sulfide) groups is 1. The fraction of sp³-hybridized carbons (Fsp3) is 0.133. The molecule has 1 N–H and O–H groups in total. The van der Waals surface area contributed by atoms with Gasteiger partial charge < -0.3 is 5.11 Å². The molecule has 21 heavy (non-hydrogen) atoms.